The zero-order chi connectivity index (χ0) is 25.3. The van der Waals surface area contributed by atoms with Crippen molar-refractivity contribution < 1.29 is 18.4 Å². The molecule has 0 N–H and O–H groups in total. The average molecular weight is 498 g/mol. The Morgan fingerprint density at radius 1 is 1.06 bits per heavy atom. The van der Waals surface area contributed by atoms with Gasteiger partial charge in [-0.1, -0.05) is 32.0 Å². The SMILES string of the molecule is CC(C)c1nnc(C2CC3(CCN(C(=O)Cc4ccccc4F)CC3)CN2CC(=O)N2CCCC2)o1. The van der Waals surface area contributed by atoms with E-state index in [0.29, 0.717) is 37.0 Å². The number of piperidine rings is 1. The Kier molecular flexibility index (Phi) is 7.10. The van der Waals surface area contributed by atoms with Crippen LogP contribution in [0.15, 0.2) is 28.7 Å². The second-order valence-corrected chi connectivity index (χ2v) is 11.0. The van der Waals surface area contributed by atoms with Gasteiger partial charge in [-0.2, -0.15) is 0 Å². The summed E-state index contributed by atoms with van der Waals surface area (Å²) in [6.45, 7) is 8.10. The third kappa shape index (κ3) is 5.16. The molecule has 3 aliphatic heterocycles. The Morgan fingerprint density at radius 3 is 2.42 bits per heavy atom. The minimum absolute atomic E-state index is 0.0167. The number of halogens is 1. The quantitative estimate of drug-likeness (QED) is 0.607. The molecular formula is C27H36FN5O3. The summed E-state index contributed by atoms with van der Waals surface area (Å²) < 4.78 is 20.1. The summed E-state index contributed by atoms with van der Waals surface area (Å²) in [5, 5.41) is 8.61. The third-order valence-electron chi connectivity index (χ3n) is 8.11. The number of likely N-dealkylation sites (tertiary alicyclic amines) is 3. The second-order valence-electron chi connectivity index (χ2n) is 11.0. The van der Waals surface area contributed by atoms with E-state index in [-0.39, 0.29) is 41.4 Å². The fourth-order valence-corrected chi connectivity index (χ4v) is 5.92. The van der Waals surface area contributed by atoms with Crippen LogP contribution < -0.4 is 0 Å². The molecule has 0 saturated carbocycles. The third-order valence-corrected chi connectivity index (χ3v) is 8.11. The van der Waals surface area contributed by atoms with E-state index in [2.05, 4.69) is 15.1 Å². The molecule has 0 bridgehead atoms. The van der Waals surface area contributed by atoms with Gasteiger partial charge in [0.25, 0.3) is 0 Å². The molecule has 5 rings (SSSR count). The Labute approximate surface area is 211 Å². The Hall–Kier alpha value is -2.81. The van der Waals surface area contributed by atoms with Gasteiger partial charge in [-0.25, -0.2) is 4.39 Å². The van der Waals surface area contributed by atoms with Crippen molar-refractivity contribution in [2.24, 2.45) is 5.41 Å². The number of nitrogens with zero attached hydrogens (tertiary/aromatic N) is 5. The number of benzene rings is 1. The molecule has 0 aliphatic carbocycles. The number of rotatable bonds is 6. The largest absolute Gasteiger partial charge is 0.423 e. The van der Waals surface area contributed by atoms with Crippen LogP contribution in [0.5, 0.6) is 0 Å². The molecule has 3 aliphatic rings. The smallest absolute Gasteiger partial charge is 0.236 e. The van der Waals surface area contributed by atoms with E-state index in [1.165, 1.54) is 6.07 Å². The van der Waals surface area contributed by atoms with Crippen molar-refractivity contribution in [3.63, 3.8) is 0 Å². The average Bonchev–Trinajstić information content (AvgIpc) is 3.62. The van der Waals surface area contributed by atoms with E-state index in [4.69, 9.17) is 4.42 Å². The lowest BCUT2D eigenvalue weighted by atomic mass is 9.76. The number of hydrogen-bond donors (Lipinski definition) is 0. The van der Waals surface area contributed by atoms with E-state index in [0.717, 1.165) is 51.7 Å². The lowest BCUT2D eigenvalue weighted by Gasteiger charge is -2.39. The lowest BCUT2D eigenvalue weighted by Crippen LogP contribution is -2.45. The van der Waals surface area contributed by atoms with Gasteiger partial charge >= 0.3 is 0 Å². The van der Waals surface area contributed by atoms with Crippen LogP contribution in [0.25, 0.3) is 0 Å². The summed E-state index contributed by atoms with van der Waals surface area (Å²) >= 11 is 0. The van der Waals surface area contributed by atoms with Crippen molar-refractivity contribution in [1.29, 1.82) is 0 Å². The van der Waals surface area contributed by atoms with Crippen LogP contribution >= 0.6 is 0 Å². The van der Waals surface area contributed by atoms with Crippen LogP contribution in [0.4, 0.5) is 4.39 Å². The maximum atomic E-state index is 14.0. The van der Waals surface area contributed by atoms with Gasteiger partial charge in [0.05, 0.1) is 19.0 Å². The number of hydrogen-bond acceptors (Lipinski definition) is 6. The summed E-state index contributed by atoms with van der Waals surface area (Å²) in [6.07, 6.45) is 4.72. The molecule has 4 heterocycles. The summed E-state index contributed by atoms with van der Waals surface area (Å²) in [5.41, 5.74) is 0.421. The number of carbonyl (C=O) groups excluding carboxylic acids is 2. The van der Waals surface area contributed by atoms with Crippen LogP contribution in [0.2, 0.25) is 0 Å². The van der Waals surface area contributed by atoms with E-state index in [9.17, 15) is 14.0 Å². The van der Waals surface area contributed by atoms with Gasteiger partial charge in [-0.05, 0) is 49.1 Å². The van der Waals surface area contributed by atoms with Crippen LogP contribution in [-0.4, -0.2) is 76.0 Å². The zero-order valence-corrected chi connectivity index (χ0v) is 21.3. The highest BCUT2D eigenvalue weighted by Crippen LogP contribution is 2.49. The van der Waals surface area contributed by atoms with E-state index < -0.39 is 0 Å². The molecule has 1 aromatic carbocycles. The molecule has 3 fully saturated rings. The van der Waals surface area contributed by atoms with Crippen LogP contribution in [0.3, 0.4) is 0 Å². The van der Waals surface area contributed by atoms with Crippen molar-refractivity contribution in [3.8, 4) is 0 Å². The zero-order valence-electron chi connectivity index (χ0n) is 21.3. The van der Waals surface area contributed by atoms with Gasteiger partial charge < -0.3 is 14.2 Å². The minimum Gasteiger partial charge on any atom is -0.423 e. The maximum Gasteiger partial charge on any atom is 0.236 e. The van der Waals surface area contributed by atoms with Crippen molar-refractivity contribution in [3.05, 3.63) is 47.4 Å². The first-order chi connectivity index (χ1) is 17.3. The molecule has 8 nitrogen and oxygen atoms in total. The van der Waals surface area contributed by atoms with E-state index in [1.54, 1.807) is 18.2 Å². The molecule has 36 heavy (non-hydrogen) atoms. The van der Waals surface area contributed by atoms with Crippen LogP contribution in [0.1, 0.15) is 75.3 Å². The summed E-state index contributed by atoms with van der Waals surface area (Å²) in [7, 11) is 0. The highest BCUT2D eigenvalue weighted by Gasteiger charge is 2.49. The molecule has 1 spiro atoms. The first-order valence-corrected chi connectivity index (χ1v) is 13.2. The monoisotopic (exact) mass is 497 g/mol. The van der Waals surface area contributed by atoms with Crippen molar-refractivity contribution in [2.75, 3.05) is 39.3 Å². The molecular weight excluding hydrogens is 461 g/mol. The fraction of sp³-hybridized carbons (Fsp3) is 0.630. The number of carbonyl (C=O) groups is 2. The van der Waals surface area contributed by atoms with Gasteiger partial charge in [0, 0.05) is 38.6 Å². The predicted molar refractivity (Wildman–Crippen MR) is 131 cm³/mol. The molecule has 194 valence electrons. The predicted octanol–water partition coefficient (Wildman–Crippen LogP) is 3.55. The van der Waals surface area contributed by atoms with Gasteiger partial charge in [-0.15, -0.1) is 10.2 Å². The topological polar surface area (TPSA) is 82.8 Å². The Bertz CT molecular complexity index is 1090. The van der Waals surface area contributed by atoms with Gasteiger partial charge in [-0.3, -0.25) is 14.5 Å². The molecule has 1 aromatic heterocycles. The fourth-order valence-electron chi connectivity index (χ4n) is 5.92. The van der Waals surface area contributed by atoms with Crippen molar-refractivity contribution >= 4 is 11.8 Å². The summed E-state index contributed by atoms with van der Waals surface area (Å²) in [5.74, 6) is 1.13. The van der Waals surface area contributed by atoms with Crippen molar-refractivity contribution in [1.82, 2.24) is 24.9 Å². The number of amides is 2. The van der Waals surface area contributed by atoms with Crippen LogP contribution in [-0.2, 0) is 16.0 Å². The molecule has 2 amide bonds. The number of aromatic nitrogens is 2. The van der Waals surface area contributed by atoms with Crippen molar-refractivity contribution in [2.45, 2.75) is 64.3 Å². The van der Waals surface area contributed by atoms with Gasteiger partial charge in [0.2, 0.25) is 23.6 Å². The maximum absolute atomic E-state index is 14.0. The van der Waals surface area contributed by atoms with E-state index >= 15 is 0 Å². The lowest BCUT2D eigenvalue weighted by molar-refractivity contribution is -0.132. The Balaban J connectivity index is 1.27. The molecule has 3 saturated heterocycles. The van der Waals surface area contributed by atoms with Gasteiger partial charge in [0.15, 0.2) is 0 Å². The van der Waals surface area contributed by atoms with Crippen LogP contribution in [0, 0.1) is 11.2 Å². The van der Waals surface area contributed by atoms with E-state index in [1.807, 2.05) is 23.6 Å². The molecule has 0 radical (unpaired) electrons. The highest BCUT2D eigenvalue weighted by atomic mass is 19.1. The van der Waals surface area contributed by atoms with Gasteiger partial charge in [0.1, 0.15) is 5.82 Å². The first-order valence-electron chi connectivity index (χ1n) is 13.2. The molecule has 2 aromatic rings. The second kappa shape index (κ2) is 10.3. The normalized spacial score (nSPS) is 22.2. The molecule has 9 heteroatoms. The summed E-state index contributed by atoms with van der Waals surface area (Å²) in [6, 6.07) is 6.36. The minimum atomic E-state index is -0.336. The molecule has 1 atom stereocenters. The molecule has 1 unspecified atom stereocenters. The highest BCUT2D eigenvalue weighted by molar-refractivity contribution is 5.79. The Morgan fingerprint density at radius 2 is 1.75 bits per heavy atom. The summed E-state index contributed by atoms with van der Waals surface area (Å²) in [4.78, 5) is 32.0. The standard InChI is InChI=1S/C27H36FN5O3/c1-19(2)25-29-30-26(36-25)22-16-27(18-33(22)17-24(35)31-11-5-6-12-31)9-13-32(14-10-27)23(34)15-20-7-3-4-8-21(20)28/h3-4,7-8,19,22H,5-6,9-18H2,1-2H3. The first kappa shape index (κ1) is 24.9.